The summed E-state index contributed by atoms with van der Waals surface area (Å²) in [5, 5.41) is 8.84. The van der Waals surface area contributed by atoms with Gasteiger partial charge in [0.1, 0.15) is 5.54 Å². The zero-order valence-electron chi connectivity index (χ0n) is 8.76. The van der Waals surface area contributed by atoms with Crippen molar-refractivity contribution in [3.8, 4) is 0 Å². The van der Waals surface area contributed by atoms with Crippen molar-refractivity contribution in [2.45, 2.75) is 18.6 Å². The highest BCUT2D eigenvalue weighted by Crippen LogP contribution is 2.22. The lowest BCUT2D eigenvalue weighted by atomic mass is 10.0. The van der Waals surface area contributed by atoms with Crippen LogP contribution in [0.1, 0.15) is 6.92 Å². The van der Waals surface area contributed by atoms with Crippen LogP contribution in [0.4, 0.5) is 13.2 Å². The highest BCUT2D eigenvalue weighted by Gasteiger charge is 2.42. The van der Waals surface area contributed by atoms with E-state index in [0.29, 0.717) is 4.90 Å². The van der Waals surface area contributed by atoms with Crippen molar-refractivity contribution < 1.29 is 27.8 Å². The van der Waals surface area contributed by atoms with Gasteiger partial charge >= 0.3 is 12.1 Å². The number of carbonyl (C=O) groups is 1. The first-order chi connectivity index (χ1) is 6.63. The Bertz CT molecular complexity index is 232. The Morgan fingerprint density at radius 1 is 1.47 bits per heavy atom. The molecule has 0 rings (SSSR count). The molecule has 0 radical (unpaired) electrons. The van der Waals surface area contributed by atoms with Gasteiger partial charge in [-0.25, -0.2) is 0 Å². The number of ether oxygens (including phenoxy) is 1. The lowest BCUT2D eigenvalue weighted by molar-refractivity contribution is -0.173. The van der Waals surface area contributed by atoms with E-state index in [-0.39, 0.29) is 6.61 Å². The summed E-state index contributed by atoms with van der Waals surface area (Å²) in [6, 6.07) is 0. The Hall–Kier alpha value is -0.820. The third-order valence-electron chi connectivity index (χ3n) is 2.15. The first kappa shape index (κ1) is 14.2. The smallest absolute Gasteiger partial charge is 0.401 e. The second-order valence-electron chi connectivity index (χ2n) is 3.48. The van der Waals surface area contributed by atoms with Gasteiger partial charge in [0.25, 0.3) is 0 Å². The molecule has 0 aliphatic rings. The predicted octanol–water partition coefficient (Wildman–Crippen LogP) is 0.970. The van der Waals surface area contributed by atoms with Crippen molar-refractivity contribution in [3.63, 3.8) is 0 Å². The first-order valence-electron chi connectivity index (χ1n) is 4.14. The zero-order valence-corrected chi connectivity index (χ0v) is 8.76. The fourth-order valence-electron chi connectivity index (χ4n) is 1.06. The molecule has 0 aromatic heterocycles. The van der Waals surface area contributed by atoms with Crippen molar-refractivity contribution in [1.82, 2.24) is 4.90 Å². The minimum Gasteiger partial charge on any atom is -0.480 e. The van der Waals surface area contributed by atoms with E-state index in [1.807, 2.05) is 0 Å². The molecule has 0 aromatic carbocycles. The molecule has 1 atom stereocenters. The second-order valence-corrected chi connectivity index (χ2v) is 3.48. The molecule has 0 saturated heterocycles. The number of alkyl halides is 3. The molecule has 0 aliphatic heterocycles. The molecule has 0 aromatic rings. The van der Waals surface area contributed by atoms with Crippen LogP contribution in [0, 0.1) is 0 Å². The maximum Gasteiger partial charge on any atom is 0.401 e. The van der Waals surface area contributed by atoms with Crippen LogP contribution in [0.3, 0.4) is 0 Å². The number of methoxy groups -OCH3 is 1. The summed E-state index contributed by atoms with van der Waals surface area (Å²) in [7, 11) is 2.34. The standard InChI is InChI=1S/C8H14F3NO3/c1-7(5-15-3,6(13)14)12(2)4-8(9,10)11/h4-5H2,1-3H3,(H,13,14). The highest BCUT2D eigenvalue weighted by molar-refractivity contribution is 5.78. The van der Waals surface area contributed by atoms with Crippen molar-refractivity contribution in [1.29, 1.82) is 0 Å². The van der Waals surface area contributed by atoms with Gasteiger partial charge in [0.15, 0.2) is 0 Å². The molecule has 1 N–H and O–H groups in total. The molecule has 15 heavy (non-hydrogen) atoms. The summed E-state index contributed by atoms with van der Waals surface area (Å²) in [6.07, 6.45) is -4.43. The average Bonchev–Trinajstić information content (AvgIpc) is 2.00. The van der Waals surface area contributed by atoms with Crippen LogP contribution in [0.5, 0.6) is 0 Å². The van der Waals surface area contributed by atoms with E-state index < -0.39 is 24.2 Å². The summed E-state index contributed by atoms with van der Waals surface area (Å²) in [4.78, 5) is 11.6. The van der Waals surface area contributed by atoms with E-state index in [1.54, 1.807) is 0 Å². The Kier molecular flexibility index (Phi) is 4.54. The van der Waals surface area contributed by atoms with Crippen molar-refractivity contribution in [2.24, 2.45) is 0 Å². The molecule has 7 heteroatoms. The number of likely N-dealkylation sites (N-methyl/N-ethyl adjacent to an activating group) is 1. The van der Waals surface area contributed by atoms with E-state index in [1.165, 1.54) is 14.0 Å². The number of halogens is 3. The molecule has 4 nitrogen and oxygen atoms in total. The maximum atomic E-state index is 12.1. The van der Waals surface area contributed by atoms with Crippen LogP contribution in [-0.4, -0.2) is 55.0 Å². The van der Waals surface area contributed by atoms with E-state index in [4.69, 9.17) is 5.11 Å². The van der Waals surface area contributed by atoms with E-state index in [2.05, 4.69) is 4.74 Å². The predicted molar refractivity (Wildman–Crippen MR) is 46.6 cm³/mol. The van der Waals surface area contributed by atoms with Gasteiger partial charge in [-0.05, 0) is 14.0 Å². The molecule has 90 valence electrons. The molecule has 0 saturated carbocycles. The minimum absolute atomic E-state index is 0.311. The van der Waals surface area contributed by atoms with Gasteiger partial charge in [0.2, 0.25) is 0 Å². The zero-order chi connectivity index (χ0) is 12.3. The lowest BCUT2D eigenvalue weighted by Crippen LogP contribution is -2.56. The van der Waals surface area contributed by atoms with Gasteiger partial charge in [0, 0.05) is 7.11 Å². The third kappa shape index (κ3) is 4.05. The Morgan fingerprint density at radius 3 is 2.20 bits per heavy atom. The van der Waals surface area contributed by atoms with Crippen molar-refractivity contribution >= 4 is 5.97 Å². The molecule has 0 aliphatic carbocycles. The van der Waals surface area contributed by atoms with Crippen LogP contribution in [0.15, 0.2) is 0 Å². The number of carboxylic acids is 1. The largest absolute Gasteiger partial charge is 0.480 e. The van der Waals surface area contributed by atoms with Gasteiger partial charge < -0.3 is 9.84 Å². The summed E-state index contributed by atoms with van der Waals surface area (Å²) in [6.45, 7) is -0.418. The van der Waals surface area contributed by atoms with E-state index in [9.17, 15) is 18.0 Å². The summed E-state index contributed by atoms with van der Waals surface area (Å²) >= 11 is 0. The third-order valence-corrected chi connectivity index (χ3v) is 2.15. The SMILES string of the molecule is COCC(C)(C(=O)O)N(C)CC(F)(F)F. The average molecular weight is 229 g/mol. The summed E-state index contributed by atoms with van der Waals surface area (Å²) in [5.74, 6) is -1.35. The van der Waals surface area contributed by atoms with Crippen molar-refractivity contribution in [3.05, 3.63) is 0 Å². The molecule has 0 heterocycles. The highest BCUT2D eigenvalue weighted by atomic mass is 19.4. The van der Waals surface area contributed by atoms with Crippen molar-refractivity contribution in [2.75, 3.05) is 27.3 Å². The topological polar surface area (TPSA) is 49.8 Å². The normalized spacial score (nSPS) is 16.5. The van der Waals surface area contributed by atoms with Gasteiger partial charge in [-0.2, -0.15) is 13.2 Å². The number of aliphatic carboxylic acids is 1. The Balaban J connectivity index is 4.70. The quantitative estimate of drug-likeness (QED) is 0.763. The van der Waals surface area contributed by atoms with Gasteiger partial charge in [0.05, 0.1) is 13.2 Å². The van der Waals surface area contributed by atoms with Gasteiger partial charge in [-0.15, -0.1) is 0 Å². The maximum absolute atomic E-state index is 12.1. The molecule has 0 fully saturated rings. The monoisotopic (exact) mass is 229 g/mol. The number of hydrogen-bond donors (Lipinski definition) is 1. The number of hydrogen-bond acceptors (Lipinski definition) is 3. The second kappa shape index (κ2) is 4.80. The van der Waals surface area contributed by atoms with Gasteiger partial charge in [-0.1, -0.05) is 0 Å². The van der Waals surface area contributed by atoms with Crippen LogP contribution in [0.2, 0.25) is 0 Å². The van der Waals surface area contributed by atoms with Crippen LogP contribution >= 0.6 is 0 Å². The summed E-state index contributed by atoms with van der Waals surface area (Å²) in [5.41, 5.74) is -1.68. The molecular formula is C8H14F3NO3. The van der Waals surface area contributed by atoms with Crippen LogP contribution in [0.25, 0.3) is 0 Å². The van der Waals surface area contributed by atoms with Crippen LogP contribution < -0.4 is 0 Å². The van der Waals surface area contributed by atoms with E-state index in [0.717, 1.165) is 7.05 Å². The minimum atomic E-state index is -4.43. The molecule has 1 unspecified atom stereocenters. The number of nitrogens with zero attached hydrogens (tertiary/aromatic N) is 1. The molecule has 0 bridgehead atoms. The van der Waals surface area contributed by atoms with E-state index >= 15 is 0 Å². The lowest BCUT2D eigenvalue weighted by Gasteiger charge is -2.34. The van der Waals surface area contributed by atoms with Gasteiger partial charge in [-0.3, -0.25) is 9.69 Å². The fraction of sp³-hybridized carbons (Fsp3) is 0.875. The number of rotatable bonds is 5. The first-order valence-corrected chi connectivity index (χ1v) is 4.14. The number of carboxylic acid groups (broad SMARTS) is 1. The Morgan fingerprint density at radius 2 is 1.93 bits per heavy atom. The molecular weight excluding hydrogens is 215 g/mol. The Labute approximate surface area is 85.6 Å². The van der Waals surface area contributed by atoms with Crippen LogP contribution in [-0.2, 0) is 9.53 Å². The molecule has 0 spiro atoms. The fourth-order valence-corrected chi connectivity index (χ4v) is 1.06. The summed E-state index contributed by atoms with van der Waals surface area (Å²) < 4.78 is 40.8. The molecule has 0 amide bonds.